The van der Waals surface area contributed by atoms with E-state index < -0.39 is 0 Å². The molecule has 2 aromatic rings. The molecule has 0 fully saturated rings. The first-order valence-electron chi connectivity index (χ1n) is 3.16. The summed E-state index contributed by atoms with van der Waals surface area (Å²) in [5.74, 6) is 0. The number of thiophene rings is 1. The van der Waals surface area contributed by atoms with Crippen LogP contribution in [0, 0.1) is 6.92 Å². The van der Waals surface area contributed by atoms with E-state index in [4.69, 9.17) is 0 Å². The third-order valence-electron chi connectivity index (χ3n) is 1.47. The van der Waals surface area contributed by atoms with Crippen LogP contribution in [0.1, 0.15) is 5.69 Å². The zero-order valence-electron chi connectivity index (χ0n) is 5.66. The van der Waals surface area contributed by atoms with Crippen LogP contribution in [0.2, 0.25) is 0 Å². The molecule has 2 rings (SSSR count). The Labute approximate surface area is 63.3 Å². The number of fused-ring (bicyclic) bond motifs is 1. The number of aromatic nitrogens is 1. The van der Waals surface area contributed by atoms with E-state index in [1.807, 2.05) is 13.0 Å². The maximum absolute atomic E-state index is 4.35. The molecule has 0 aliphatic heterocycles. The monoisotopic (exact) mass is 149 g/mol. The summed E-state index contributed by atoms with van der Waals surface area (Å²) in [6, 6.07) is 4.14. The smallest absolute Gasteiger partial charge is 0.0812 e. The van der Waals surface area contributed by atoms with Gasteiger partial charge in [0.1, 0.15) is 0 Å². The molecule has 0 amide bonds. The second kappa shape index (κ2) is 2.06. The Kier molecular flexibility index (Phi) is 1.21. The van der Waals surface area contributed by atoms with Gasteiger partial charge < -0.3 is 0 Å². The number of hydrogen-bond donors (Lipinski definition) is 0. The summed E-state index contributed by atoms with van der Waals surface area (Å²) in [5.41, 5.74) is 2.20. The lowest BCUT2D eigenvalue weighted by atomic mass is 10.3. The zero-order chi connectivity index (χ0) is 6.97. The van der Waals surface area contributed by atoms with Crippen LogP contribution >= 0.6 is 11.3 Å². The second-order valence-corrected chi connectivity index (χ2v) is 3.04. The molecule has 10 heavy (non-hydrogen) atoms. The first kappa shape index (κ1) is 5.86. The Balaban J connectivity index is 2.86. The third kappa shape index (κ3) is 0.809. The number of pyridine rings is 1. The standard InChI is InChI=1S/C8H7NS/c1-6-2-3-7-4-10-5-8(7)9-6/h2-5H,1H3. The van der Waals surface area contributed by atoms with E-state index in [0.717, 1.165) is 11.2 Å². The average molecular weight is 149 g/mol. The second-order valence-electron chi connectivity index (χ2n) is 2.30. The average Bonchev–Trinajstić information content (AvgIpc) is 2.33. The molecule has 0 N–H and O–H groups in total. The Bertz CT molecular complexity index is 351. The predicted molar refractivity (Wildman–Crippen MR) is 44.4 cm³/mol. The van der Waals surface area contributed by atoms with Crippen LogP contribution < -0.4 is 0 Å². The summed E-state index contributed by atoms with van der Waals surface area (Å²) in [4.78, 5) is 4.35. The zero-order valence-corrected chi connectivity index (χ0v) is 6.48. The van der Waals surface area contributed by atoms with E-state index in [2.05, 4.69) is 21.8 Å². The first-order chi connectivity index (χ1) is 4.86. The van der Waals surface area contributed by atoms with Crippen molar-refractivity contribution in [2.45, 2.75) is 6.92 Å². The lowest BCUT2D eigenvalue weighted by molar-refractivity contribution is 1.26. The Hall–Kier alpha value is -0.890. The van der Waals surface area contributed by atoms with Crippen molar-refractivity contribution in [1.82, 2.24) is 4.98 Å². The molecule has 2 heteroatoms. The van der Waals surface area contributed by atoms with E-state index >= 15 is 0 Å². The number of nitrogens with zero attached hydrogens (tertiary/aromatic N) is 1. The van der Waals surface area contributed by atoms with Crippen LogP contribution in [0.25, 0.3) is 10.9 Å². The highest BCUT2D eigenvalue weighted by molar-refractivity contribution is 7.09. The molecule has 0 radical (unpaired) electrons. The molecule has 0 saturated heterocycles. The van der Waals surface area contributed by atoms with Gasteiger partial charge in [-0.25, -0.2) is 0 Å². The van der Waals surface area contributed by atoms with Crippen molar-refractivity contribution in [2.24, 2.45) is 0 Å². The fraction of sp³-hybridized carbons (Fsp3) is 0.125. The SMILES string of the molecule is Cc1ccc2cscc2n1. The van der Waals surface area contributed by atoms with Gasteiger partial charge in [-0.15, -0.1) is 11.3 Å². The van der Waals surface area contributed by atoms with Crippen molar-refractivity contribution >= 4 is 22.2 Å². The lowest BCUT2D eigenvalue weighted by Crippen LogP contribution is -1.76. The molecule has 0 bridgehead atoms. The van der Waals surface area contributed by atoms with Gasteiger partial charge in [0.2, 0.25) is 0 Å². The van der Waals surface area contributed by atoms with E-state index in [-0.39, 0.29) is 0 Å². The minimum absolute atomic E-state index is 1.09. The van der Waals surface area contributed by atoms with E-state index in [0.29, 0.717) is 0 Å². The minimum atomic E-state index is 1.09. The van der Waals surface area contributed by atoms with Crippen molar-refractivity contribution in [3.63, 3.8) is 0 Å². The van der Waals surface area contributed by atoms with Crippen LogP contribution in [0.4, 0.5) is 0 Å². The number of hydrogen-bond acceptors (Lipinski definition) is 2. The van der Waals surface area contributed by atoms with Gasteiger partial charge in [0, 0.05) is 21.8 Å². The summed E-state index contributed by atoms with van der Waals surface area (Å²) in [6.07, 6.45) is 0. The maximum Gasteiger partial charge on any atom is 0.0812 e. The van der Waals surface area contributed by atoms with Crippen LogP contribution in [-0.2, 0) is 0 Å². The van der Waals surface area contributed by atoms with Crippen LogP contribution in [-0.4, -0.2) is 4.98 Å². The van der Waals surface area contributed by atoms with Gasteiger partial charge in [-0.3, -0.25) is 4.98 Å². The molecule has 2 aromatic heterocycles. The summed E-state index contributed by atoms with van der Waals surface area (Å²) < 4.78 is 0. The largest absolute Gasteiger partial charge is 0.252 e. The molecule has 0 atom stereocenters. The van der Waals surface area contributed by atoms with Gasteiger partial charge >= 0.3 is 0 Å². The van der Waals surface area contributed by atoms with Gasteiger partial charge in [-0.2, -0.15) is 0 Å². The molecular weight excluding hydrogens is 142 g/mol. The third-order valence-corrected chi connectivity index (χ3v) is 2.22. The Morgan fingerprint density at radius 2 is 2.20 bits per heavy atom. The van der Waals surface area contributed by atoms with Crippen molar-refractivity contribution < 1.29 is 0 Å². The van der Waals surface area contributed by atoms with Crippen molar-refractivity contribution in [3.8, 4) is 0 Å². The molecule has 2 heterocycles. The van der Waals surface area contributed by atoms with Gasteiger partial charge in [0.05, 0.1) is 5.52 Å². The fourth-order valence-electron chi connectivity index (χ4n) is 0.953. The lowest BCUT2D eigenvalue weighted by Gasteiger charge is -1.89. The normalized spacial score (nSPS) is 10.5. The predicted octanol–water partition coefficient (Wildman–Crippen LogP) is 2.60. The maximum atomic E-state index is 4.35. The topological polar surface area (TPSA) is 12.9 Å². The molecule has 0 aromatic carbocycles. The highest BCUT2D eigenvalue weighted by Gasteiger charge is 1.93. The van der Waals surface area contributed by atoms with Crippen LogP contribution in [0.5, 0.6) is 0 Å². The Morgan fingerprint density at radius 1 is 1.30 bits per heavy atom. The van der Waals surface area contributed by atoms with E-state index in [9.17, 15) is 0 Å². The first-order valence-corrected chi connectivity index (χ1v) is 4.10. The summed E-state index contributed by atoms with van der Waals surface area (Å²) in [6.45, 7) is 2.01. The molecule has 1 nitrogen and oxygen atoms in total. The molecule has 0 aliphatic carbocycles. The highest BCUT2D eigenvalue weighted by Crippen LogP contribution is 2.16. The summed E-state index contributed by atoms with van der Waals surface area (Å²) in [5, 5.41) is 5.43. The molecular formula is C8H7NS. The Morgan fingerprint density at radius 3 is 3.10 bits per heavy atom. The van der Waals surface area contributed by atoms with Crippen LogP contribution in [0.3, 0.4) is 0 Å². The van der Waals surface area contributed by atoms with E-state index in [1.165, 1.54) is 5.39 Å². The highest BCUT2D eigenvalue weighted by atomic mass is 32.1. The van der Waals surface area contributed by atoms with Crippen LogP contribution in [0.15, 0.2) is 22.9 Å². The summed E-state index contributed by atoms with van der Waals surface area (Å²) >= 11 is 1.70. The molecule has 50 valence electrons. The summed E-state index contributed by atoms with van der Waals surface area (Å²) in [7, 11) is 0. The van der Waals surface area contributed by atoms with Gasteiger partial charge in [0.25, 0.3) is 0 Å². The van der Waals surface area contributed by atoms with Crippen molar-refractivity contribution in [3.05, 3.63) is 28.6 Å². The quantitative estimate of drug-likeness (QED) is 0.561. The molecule has 0 spiro atoms. The van der Waals surface area contributed by atoms with Gasteiger partial charge in [-0.1, -0.05) is 6.07 Å². The molecule has 0 unspecified atom stereocenters. The van der Waals surface area contributed by atoms with Crippen molar-refractivity contribution in [2.75, 3.05) is 0 Å². The van der Waals surface area contributed by atoms with Gasteiger partial charge in [0.15, 0.2) is 0 Å². The minimum Gasteiger partial charge on any atom is -0.252 e. The molecule has 0 aliphatic rings. The number of aryl methyl sites for hydroxylation is 1. The number of rotatable bonds is 0. The molecule has 0 saturated carbocycles. The van der Waals surface area contributed by atoms with Gasteiger partial charge in [-0.05, 0) is 13.0 Å². The van der Waals surface area contributed by atoms with E-state index in [1.54, 1.807) is 11.3 Å². The fourth-order valence-corrected chi connectivity index (χ4v) is 1.69. The van der Waals surface area contributed by atoms with Crippen molar-refractivity contribution in [1.29, 1.82) is 0 Å².